The molecule has 0 radical (unpaired) electrons. The normalized spacial score (nSPS) is 10.7. The van der Waals surface area contributed by atoms with E-state index in [4.69, 9.17) is 14.2 Å². The highest BCUT2D eigenvalue weighted by Gasteiger charge is 2.16. The SMILES string of the molecule is COc1ccc(-c2cc(C(C)C)c(OC)cc2OC)cc1F. The van der Waals surface area contributed by atoms with Gasteiger partial charge in [0.25, 0.3) is 0 Å². The Balaban J connectivity index is 2.63. The summed E-state index contributed by atoms with van der Waals surface area (Å²) in [5.74, 6) is 1.52. The van der Waals surface area contributed by atoms with Crippen LogP contribution in [0.15, 0.2) is 30.3 Å². The van der Waals surface area contributed by atoms with Gasteiger partial charge in [0, 0.05) is 11.6 Å². The van der Waals surface area contributed by atoms with Crippen molar-refractivity contribution in [3.63, 3.8) is 0 Å². The summed E-state index contributed by atoms with van der Waals surface area (Å²) < 4.78 is 29.8. The van der Waals surface area contributed by atoms with E-state index in [1.54, 1.807) is 20.3 Å². The summed E-state index contributed by atoms with van der Waals surface area (Å²) in [6.07, 6.45) is 0. The smallest absolute Gasteiger partial charge is 0.165 e. The Kier molecular flexibility index (Phi) is 4.91. The fourth-order valence-corrected chi connectivity index (χ4v) is 2.43. The van der Waals surface area contributed by atoms with Crippen LogP contribution in [-0.2, 0) is 0 Å². The lowest BCUT2D eigenvalue weighted by molar-refractivity contribution is 0.386. The average Bonchev–Trinajstić information content (AvgIpc) is 2.53. The van der Waals surface area contributed by atoms with Crippen LogP contribution >= 0.6 is 0 Å². The minimum atomic E-state index is -0.399. The van der Waals surface area contributed by atoms with Crippen molar-refractivity contribution in [3.05, 3.63) is 41.7 Å². The van der Waals surface area contributed by atoms with E-state index >= 15 is 0 Å². The lowest BCUT2D eigenvalue weighted by atomic mass is 9.95. The number of hydrogen-bond donors (Lipinski definition) is 0. The topological polar surface area (TPSA) is 27.7 Å². The van der Waals surface area contributed by atoms with Gasteiger partial charge in [-0.2, -0.15) is 0 Å². The maximum atomic E-state index is 14.0. The standard InChI is InChI=1S/C18H21FO3/c1-11(2)13-9-14(18(22-5)10-17(13)21-4)12-6-7-16(20-3)15(19)8-12/h6-11H,1-5H3. The third kappa shape index (κ3) is 3.01. The van der Waals surface area contributed by atoms with E-state index in [1.165, 1.54) is 13.2 Å². The monoisotopic (exact) mass is 304 g/mol. The van der Waals surface area contributed by atoms with E-state index in [-0.39, 0.29) is 11.7 Å². The summed E-state index contributed by atoms with van der Waals surface area (Å²) in [6, 6.07) is 8.71. The number of rotatable bonds is 5. The average molecular weight is 304 g/mol. The van der Waals surface area contributed by atoms with Crippen LogP contribution in [0.25, 0.3) is 11.1 Å². The van der Waals surface area contributed by atoms with Crippen LogP contribution in [0, 0.1) is 5.82 Å². The van der Waals surface area contributed by atoms with Crippen molar-refractivity contribution in [2.24, 2.45) is 0 Å². The number of ether oxygens (including phenoxy) is 3. The predicted octanol–water partition coefficient (Wildman–Crippen LogP) is 4.64. The van der Waals surface area contributed by atoms with Gasteiger partial charge < -0.3 is 14.2 Å². The molecular formula is C18H21FO3. The summed E-state index contributed by atoms with van der Waals surface area (Å²) in [6.45, 7) is 4.17. The Labute approximate surface area is 130 Å². The van der Waals surface area contributed by atoms with Crippen LogP contribution in [-0.4, -0.2) is 21.3 Å². The molecule has 2 aromatic carbocycles. The van der Waals surface area contributed by atoms with Crippen molar-refractivity contribution < 1.29 is 18.6 Å². The Bertz CT molecular complexity index is 666. The largest absolute Gasteiger partial charge is 0.496 e. The fraction of sp³-hybridized carbons (Fsp3) is 0.333. The zero-order valence-corrected chi connectivity index (χ0v) is 13.6. The first-order chi connectivity index (χ1) is 10.5. The van der Waals surface area contributed by atoms with E-state index in [2.05, 4.69) is 13.8 Å². The fourth-order valence-electron chi connectivity index (χ4n) is 2.43. The van der Waals surface area contributed by atoms with Gasteiger partial charge in [0.15, 0.2) is 11.6 Å². The van der Waals surface area contributed by atoms with Gasteiger partial charge in [0.2, 0.25) is 0 Å². The molecular weight excluding hydrogens is 283 g/mol. The van der Waals surface area contributed by atoms with Gasteiger partial charge in [0.05, 0.1) is 21.3 Å². The third-order valence-corrected chi connectivity index (χ3v) is 3.64. The molecule has 0 atom stereocenters. The van der Waals surface area contributed by atoms with Crippen LogP contribution in [0.4, 0.5) is 4.39 Å². The lowest BCUT2D eigenvalue weighted by Gasteiger charge is -2.17. The Morgan fingerprint density at radius 1 is 0.818 bits per heavy atom. The lowest BCUT2D eigenvalue weighted by Crippen LogP contribution is -1.98. The van der Waals surface area contributed by atoms with Crippen LogP contribution in [0.3, 0.4) is 0 Å². The Hall–Kier alpha value is -2.23. The number of benzene rings is 2. The minimum Gasteiger partial charge on any atom is -0.496 e. The van der Waals surface area contributed by atoms with Crippen LogP contribution in [0.5, 0.6) is 17.2 Å². The maximum Gasteiger partial charge on any atom is 0.165 e. The zero-order valence-electron chi connectivity index (χ0n) is 13.6. The van der Waals surface area contributed by atoms with Gasteiger partial charge in [0.1, 0.15) is 11.5 Å². The summed E-state index contributed by atoms with van der Waals surface area (Å²) in [4.78, 5) is 0. The molecule has 0 aromatic heterocycles. The van der Waals surface area contributed by atoms with Crippen LogP contribution < -0.4 is 14.2 Å². The maximum absolute atomic E-state index is 14.0. The molecule has 4 heteroatoms. The van der Waals surface area contributed by atoms with Gasteiger partial charge in [-0.1, -0.05) is 19.9 Å². The molecule has 2 aromatic rings. The molecule has 0 N–H and O–H groups in total. The summed E-state index contributed by atoms with van der Waals surface area (Å²) >= 11 is 0. The van der Waals surface area contributed by atoms with Crippen molar-refractivity contribution in [3.8, 4) is 28.4 Å². The summed E-state index contributed by atoms with van der Waals surface area (Å²) in [5, 5.41) is 0. The second-order valence-corrected chi connectivity index (χ2v) is 5.30. The van der Waals surface area contributed by atoms with Crippen molar-refractivity contribution in [2.75, 3.05) is 21.3 Å². The zero-order chi connectivity index (χ0) is 16.3. The molecule has 0 aliphatic heterocycles. The van der Waals surface area contributed by atoms with Crippen molar-refractivity contribution >= 4 is 0 Å². The first-order valence-electron chi connectivity index (χ1n) is 7.11. The second-order valence-electron chi connectivity index (χ2n) is 5.30. The highest BCUT2D eigenvalue weighted by atomic mass is 19.1. The highest BCUT2D eigenvalue weighted by molar-refractivity contribution is 5.73. The molecule has 0 aliphatic rings. The molecule has 0 bridgehead atoms. The molecule has 22 heavy (non-hydrogen) atoms. The van der Waals surface area contributed by atoms with Gasteiger partial charge in [-0.15, -0.1) is 0 Å². The van der Waals surface area contributed by atoms with E-state index in [0.29, 0.717) is 5.75 Å². The minimum absolute atomic E-state index is 0.223. The van der Waals surface area contributed by atoms with Crippen molar-refractivity contribution in [1.82, 2.24) is 0 Å². The van der Waals surface area contributed by atoms with Crippen molar-refractivity contribution in [2.45, 2.75) is 19.8 Å². The molecule has 2 rings (SSSR count). The molecule has 118 valence electrons. The molecule has 0 aliphatic carbocycles. The van der Waals surface area contributed by atoms with Crippen LogP contribution in [0.2, 0.25) is 0 Å². The number of hydrogen-bond acceptors (Lipinski definition) is 3. The quantitative estimate of drug-likeness (QED) is 0.805. The number of methoxy groups -OCH3 is 3. The van der Waals surface area contributed by atoms with E-state index in [0.717, 1.165) is 22.4 Å². The molecule has 0 saturated heterocycles. The molecule has 0 spiro atoms. The second kappa shape index (κ2) is 6.69. The summed E-state index contributed by atoms with van der Waals surface area (Å²) in [5.41, 5.74) is 2.61. The van der Waals surface area contributed by atoms with Gasteiger partial charge in [-0.25, -0.2) is 4.39 Å². The molecule has 0 unspecified atom stereocenters. The predicted molar refractivity (Wildman–Crippen MR) is 85.6 cm³/mol. The molecule has 3 nitrogen and oxygen atoms in total. The van der Waals surface area contributed by atoms with Crippen LogP contribution in [0.1, 0.15) is 25.3 Å². The van der Waals surface area contributed by atoms with E-state index < -0.39 is 5.82 Å². The van der Waals surface area contributed by atoms with Crippen molar-refractivity contribution in [1.29, 1.82) is 0 Å². The number of halogens is 1. The molecule has 0 heterocycles. The highest BCUT2D eigenvalue weighted by Crippen LogP contribution is 2.39. The Morgan fingerprint density at radius 2 is 1.45 bits per heavy atom. The van der Waals surface area contributed by atoms with Gasteiger partial charge >= 0.3 is 0 Å². The first kappa shape index (κ1) is 16.1. The van der Waals surface area contributed by atoms with Gasteiger partial charge in [-0.05, 0) is 35.2 Å². The third-order valence-electron chi connectivity index (χ3n) is 3.64. The van der Waals surface area contributed by atoms with E-state index in [9.17, 15) is 4.39 Å². The molecule has 0 amide bonds. The molecule has 0 saturated carbocycles. The van der Waals surface area contributed by atoms with Gasteiger partial charge in [-0.3, -0.25) is 0 Å². The Morgan fingerprint density at radius 3 is 1.95 bits per heavy atom. The van der Waals surface area contributed by atoms with E-state index in [1.807, 2.05) is 18.2 Å². The summed E-state index contributed by atoms with van der Waals surface area (Å²) in [7, 11) is 4.67. The first-order valence-corrected chi connectivity index (χ1v) is 7.11. The molecule has 0 fully saturated rings.